The van der Waals surface area contributed by atoms with Crippen molar-refractivity contribution in [2.45, 2.75) is 26.2 Å². The molecular weight excluding hydrogens is 288 g/mol. The SMILES string of the molecule is CC(C)(C)c1ccc2ccccc2c1-c1cccc2ccccc12. The molecule has 0 bridgehead atoms. The monoisotopic (exact) mass is 310 g/mol. The summed E-state index contributed by atoms with van der Waals surface area (Å²) in [5.74, 6) is 0. The van der Waals surface area contributed by atoms with Crippen LogP contribution in [0, 0.1) is 0 Å². The minimum atomic E-state index is 0.0936. The predicted molar refractivity (Wildman–Crippen MR) is 106 cm³/mol. The Morgan fingerprint density at radius 2 is 1.12 bits per heavy atom. The lowest BCUT2D eigenvalue weighted by Gasteiger charge is -2.25. The fourth-order valence-corrected chi connectivity index (χ4v) is 3.63. The number of benzene rings is 4. The maximum absolute atomic E-state index is 2.30. The Labute approximate surface area is 143 Å². The highest BCUT2D eigenvalue weighted by Gasteiger charge is 2.21. The Hall–Kier alpha value is -2.60. The smallest absolute Gasteiger partial charge is 0.00617 e. The van der Waals surface area contributed by atoms with Crippen LogP contribution in [0.5, 0.6) is 0 Å². The molecule has 4 aromatic rings. The number of hydrogen-bond acceptors (Lipinski definition) is 0. The Balaban J connectivity index is 2.18. The van der Waals surface area contributed by atoms with E-state index in [0.717, 1.165) is 0 Å². The van der Waals surface area contributed by atoms with Gasteiger partial charge in [0, 0.05) is 0 Å². The van der Waals surface area contributed by atoms with E-state index in [1.54, 1.807) is 0 Å². The van der Waals surface area contributed by atoms with Gasteiger partial charge in [-0.25, -0.2) is 0 Å². The van der Waals surface area contributed by atoms with Crippen LogP contribution < -0.4 is 0 Å². The fraction of sp³-hybridized carbons (Fsp3) is 0.167. The van der Waals surface area contributed by atoms with Crippen molar-refractivity contribution in [3.8, 4) is 11.1 Å². The summed E-state index contributed by atoms with van der Waals surface area (Å²) in [5.41, 5.74) is 4.20. The molecule has 0 atom stereocenters. The normalized spacial score (nSPS) is 12.0. The zero-order chi connectivity index (χ0) is 16.7. The second kappa shape index (κ2) is 5.49. The molecule has 0 saturated carbocycles. The van der Waals surface area contributed by atoms with Gasteiger partial charge in [-0.05, 0) is 43.7 Å². The van der Waals surface area contributed by atoms with Gasteiger partial charge in [0.1, 0.15) is 0 Å². The summed E-state index contributed by atoms with van der Waals surface area (Å²) >= 11 is 0. The predicted octanol–water partition coefficient (Wildman–Crippen LogP) is 6.96. The first-order valence-corrected chi connectivity index (χ1v) is 8.56. The molecule has 0 aliphatic carbocycles. The summed E-state index contributed by atoms with van der Waals surface area (Å²) in [6, 6.07) is 28.6. The summed E-state index contributed by atoms with van der Waals surface area (Å²) in [6.45, 7) is 6.89. The molecule has 118 valence electrons. The van der Waals surface area contributed by atoms with Crippen LogP contribution in [-0.2, 0) is 5.41 Å². The first-order chi connectivity index (χ1) is 11.6. The number of fused-ring (bicyclic) bond motifs is 2. The summed E-state index contributed by atoms with van der Waals surface area (Å²) < 4.78 is 0. The van der Waals surface area contributed by atoms with Crippen molar-refractivity contribution >= 4 is 21.5 Å². The molecule has 0 N–H and O–H groups in total. The highest BCUT2D eigenvalue weighted by atomic mass is 14.2. The highest BCUT2D eigenvalue weighted by Crippen LogP contribution is 2.41. The van der Waals surface area contributed by atoms with Gasteiger partial charge in [0.05, 0.1) is 0 Å². The van der Waals surface area contributed by atoms with Crippen LogP contribution in [0.3, 0.4) is 0 Å². The average molecular weight is 310 g/mol. The van der Waals surface area contributed by atoms with E-state index >= 15 is 0 Å². The van der Waals surface area contributed by atoms with Crippen LogP contribution in [0.2, 0.25) is 0 Å². The maximum Gasteiger partial charge on any atom is -0.00617 e. The zero-order valence-corrected chi connectivity index (χ0v) is 14.5. The summed E-state index contributed by atoms with van der Waals surface area (Å²) in [7, 11) is 0. The van der Waals surface area contributed by atoms with Crippen molar-refractivity contribution < 1.29 is 0 Å². The van der Waals surface area contributed by atoms with E-state index in [2.05, 4.69) is 99.6 Å². The van der Waals surface area contributed by atoms with E-state index in [1.807, 2.05) is 0 Å². The lowest BCUT2D eigenvalue weighted by molar-refractivity contribution is 0.593. The van der Waals surface area contributed by atoms with E-state index in [0.29, 0.717) is 0 Å². The van der Waals surface area contributed by atoms with Crippen LogP contribution >= 0.6 is 0 Å². The van der Waals surface area contributed by atoms with Crippen LogP contribution in [0.4, 0.5) is 0 Å². The molecule has 0 fully saturated rings. The molecular formula is C24H22. The zero-order valence-electron chi connectivity index (χ0n) is 14.5. The van der Waals surface area contributed by atoms with Gasteiger partial charge in [-0.3, -0.25) is 0 Å². The van der Waals surface area contributed by atoms with Crippen LogP contribution in [0.25, 0.3) is 32.7 Å². The van der Waals surface area contributed by atoms with Crippen molar-refractivity contribution in [3.63, 3.8) is 0 Å². The van der Waals surface area contributed by atoms with Gasteiger partial charge in [0.25, 0.3) is 0 Å². The van der Waals surface area contributed by atoms with Crippen LogP contribution in [0.15, 0.2) is 78.9 Å². The molecule has 0 nitrogen and oxygen atoms in total. The van der Waals surface area contributed by atoms with E-state index < -0.39 is 0 Å². The Bertz CT molecular complexity index is 1030. The maximum atomic E-state index is 2.30. The van der Waals surface area contributed by atoms with Gasteiger partial charge in [-0.15, -0.1) is 0 Å². The first-order valence-electron chi connectivity index (χ1n) is 8.56. The molecule has 4 rings (SSSR count). The van der Waals surface area contributed by atoms with E-state index in [9.17, 15) is 0 Å². The molecule has 0 heterocycles. The number of rotatable bonds is 1. The van der Waals surface area contributed by atoms with Crippen molar-refractivity contribution in [2.75, 3.05) is 0 Å². The molecule has 0 amide bonds. The highest BCUT2D eigenvalue weighted by molar-refractivity contribution is 6.06. The molecule has 0 radical (unpaired) electrons. The third-order valence-electron chi connectivity index (χ3n) is 4.80. The standard InChI is InChI=1S/C24H22/c1-24(2,3)22-16-15-18-10-5-7-13-20(18)23(22)21-14-8-11-17-9-4-6-12-19(17)21/h4-16H,1-3H3. The van der Waals surface area contributed by atoms with Gasteiger partial charge in [0.15, 0.2) is 0 Å². The second-order valence-corrected chi connectivity index (χ2v) is 7.49. The van der Waals surface area contributed by atoms with Crippen molar-refractivity contribution in [2.24, 2.45) is 0 Å². The number of hydrogen-bond donors (Lipinski definition) is 0. The van der Waals surface area contributed by atoms with Crippen molar-refractivity contribution in [1.82, 2.24) is 0 Å². The molecule has 0 aliphatic heterocycles. The lowest BCUT2D eigenvalue weighted by Crippen LogP contribution is -2.13. The quantitative estimate of drug-likeness (QED) is 0.356. The third kappa shape index (κ3) is 2.39. The van der Waals surface area contributed by atoms with Gasteiger partial charge in [-0.2, -0.15) is 0 Å². The van der Waals surface area contributed by atoms with E-state index in [4.69, 9.17) is 0 Å². The van der Waals surface area contributed by atoms with Crippen molar-refractivity contribution in [3.05, 3.63) is 84.4 Å². The molecule has 4 aromatic carbocycles. The van der Waals surface area contributed by atoms with Crippen molar-refractivity contribution in [1.29, 1.82) is 0 Å². The molecule has 0 spiro atoms. The molecule has 0 aromatic heterocycles. The summed E-state index contributed by atoms with van der Waals surface area (Å²) in [5, 5.41) is 5.25. The van der Waals surface area contributed by atoms with E-state index in [1.165, 1.54) is 38.2 Å². The Morgan fingerprint density at radius 3 is 1.83 bits per heavy atom. The second-order valence-electron chi connectivity index (χ2n) is 7.49. The Morgan fingerprint density at radius 1 is 0.542 bits per heavy atom. The summed E-state index contributed by atoms with van der Waals surface area (Å²) in [4.78, 5) is 0. The average Bonchev–Trinajstić information content (AvgIpc) is 2.59. The third-order valence-corrected chi connectivity index (χ3v) is 4.80. The fourth-order valence-electron chi connectivity index (χ4n) is 3.63. The first kappa shape index (κ1) is 15.0. The molecule has 0 aliphatic rings. The minimum absolute atomic E-state index is 0.0936. The van der Waals surface area contributed by atoms with Gasteiger partial charge >= 0.3 is 0 Å². The minimum Gasteiger partial charge on any atom is -0.0616 e. The van der Waals surface area contributed by atoms with Crippen LogP contribution in [-0.4, -0.2) is 0 Å². The molecule has 0 heteroatoms. The topological polar surface area (TPSA) is 0 Å². The van der Waals surface area contributed by atoms with Gasteiger partial charge < -0.3 is 0 Å². The Kier molecular flexibility index (Phi) is 3.42. The molecule has 24 heavy (non-hydrogen) atoms. The van der Waals surface area contributed by atoms with Gasteiger partial charge in [0.2, 0.25) is 0 Å². The summed E-state index contributed by atoms with van der Waals surface area (Å²) in [6.07, 6.45) is 0. The molecule has 0 saturated heterocycles. The largest absolute Gasteiger partial charge is 0.0616 e. The van der Waals surface area contributed by atoms with Gasteiger partial charge in [-0.1, -0.05) is 99.6 Å². The lowest BCUT2D eigenvalue weighted by atomic mass is 9.79. The van der Waals surface area contributed by atoms with E-state index in [-0.39, 0.29) is 5.41 Å². The molecule has 0 unspecified atom stereocenters. The van der Waals surface area contributed by atoms with Crippen LogP contribution in [0.1, 0.15) is 26.3 Å².